The molecule has 0 atom stereocenters. The lowest BCUT2D eigenvalue weighted by atomic mass is 10.0. The van der Waals surface area contributed by atoms with Gasteiger partial charge in [-0.2, -0.15) is 0 Å². The number of ether oxygens (including phenoxy) is 2. The summed E-state index contributed by atoms with van der Waals surface area (Å²) >= 11 is 0. The Morgan fingerprint density at radius 3 is 2.52 bits per heavy atom. The Bertz CT molecular complexity index is 832. The van der Waals surface area contributed by atoms with Crippen LogP contribution in [0.3, 0.4) is 0 Å². The van der Waals surface area contributed by atoms with Gasteiger partial charge in [0.1, 0.15) is 6.54 Å². The van der Waals surface area contributed by atoms with Crippen molar-refractivity contribution in [3.8, 4) is 11.5 Å². The highest BCUT2D eigenvalue weighted by molar-refractivity contribution is 7.89. The summed E-state index contributed by atoms with van der Waals surface area (Å²) in [5, 5.41) is 9.24. The molecule has 1 amide bonds. The minimum Gasteiger partial charge on any atom is -0.480 e. The maximum Gasteiger partial charge on any atom is 0.323 e. The first-order chi connectivity index (χ1) is 12.8. The number of hydrogen-bond acceptors (Lipinski definition) is 6. The first kappa shape index (κ1) is 19.4. The molecule has 2 aliphatic heterocycles. The van der Waals surface area contributed by atoms with Crippen LogP contribution in [0, 0.1) is 0 Å². The van der Waals surface area contributed by atoms with E-state index in [1.54, 1.807) is 19.1 Å². The summed E-state index contributed by atoms with van der Waals surface area (Å²) in [6.07, 6.45) is 0.783. The number of fused-ring (bicyclic) bond motifs is 1. The first-order valence-corrected chi connectivity index (χ1v) is 10.3. The third kappa shape index (κ3) is 4.16. The number of carbonyl (C=O) groups excluding carboxylic acids is 1. The molecule has 0 aliphatic carbocycles. The van der Waals surface area contributed by atoms with Gasteiger partial charge in [-0.05, 0) is 38.0 Å². The van der Waals surface area contributed by atoms with Gasteiger partial charge in [0, 0.05) is 24.7 Å². The first-order valence-electron chi connectivity index (χ1n) is 8.72. The quantitative estimate of drug-likeness (QED) is 0.752. The summed E-state index contributed by atoms with van der Waals surface area (Å²) in [6.45, 7) is 1.76. The monoisotopic (exact) mass is 398 g/mol. The van der Waals surface area contributed by atoms with Gasteiger partial charge in [0.05, 0.1) is 5.75 Å². The number of nitrogens with zero attached hydrogens (tertiary/aromatic N) is 2. The minimum absolute atomic E-state index is 0.0205. The molecule has 0 saturated carbocycles. The molecule has 0 radical (unpaired) electrons. The number of sulfonamides is 1. The molecule has 1 fully saturated rings. The molecule has 0 spiro atoms. The summed E-state index contributed by atoms with van der Waals surface area (Å²) < 4.78 is 35.9. The molecule has 1 N–H and O–H groups in total. The Morgan fingerprint density at radius 2 is 1.89 bits per heavy atom. The number of carboxylic acid groups (broad SMARTS) is 1. The number of piperidine rings is 1. The third-order valence-electron chi connectivity index (χ3n) is 4.81. The lowest BCUT2D eigenvalue weighted by molar-refractivity contribution is -0.138. The van der Waals surface area contributed by atoms with Gasteiger partial charge in [0.25, 0.3) is 5.91 Å². The van der Waals surface area contributed by atoms with Crippen LogP contribution in [0.1, 0.15) is 30.1 Å². The molecule has 3 rings (SSSR count). The zero-order chi connectivity index (χ0) is 19.6. The van der Waals surface area contributed by atoms with Crippen LogP contribution >= 0.6 is 0 Å². The summed E-state index contributed by atoms with van der Waals surface area (Å²) in [5.41, 5.74) is 0.309. The van der Waals surface area contributed by atoms with Crippen molar-refractivity contribution < 1.29 is 32.6 Å². The minimum atomic E-state index is -3.29. The molecular formula is C17H22N2O7S. The van der Waals surface area contributed by atoms with Crippen molar-refractivity contribution in [2.45, 2.75) is 25.8 Å². The van der Waals surface area contributed by atoms with Crippen molar-refractivity contribution in [2.24, 2.45) is 0 Å². The van der Waals surface area contributed by atoms with E-state index >= 15 is 0 Å². The fourth-order valence-corrected chi connectivity index (χ4v) is 4.45. The van der Waals surface area contributed by atoms with E-state index in [1.165, 1.54) is 15.3 Å². The molecule has 2 aliphatic rings. The second-order valence-corrected chi connectivity index (χ2v) is 8.68. The largest absolute Gasteiger partial charge is 0.480 e. The molecular weight excluding hydrogens is 376 g/mol. The second-order valence-electron chi connectivity index (χ2n) is 6.43. The van der Waals surface area contributed by atoms with Crippen LogP contribution in [-0.4, -0.2) is 72.8 Å². The van der Waals surface area contributed by atoms with Crippen LogP contribution in [0.25, 0.3) is 0 Å². The van der Waals surface area contributed by atoms with Gasteiger partial charge < -0.3 is 19.5 Å². The van der Waals surface area contributed by atoms with E-state index < -0.39 is 28.4 Å². The number of aliphatic carboxylic acids is 1. The maximum atomic E-state index is 12.9. The van der Waals surface area contributed by atoms with E-state index in [0.717, 1.165) is 0 Å². The Morgan fingerprint density at radius 1 is 1.22 bits per heavy atom. The molecule has 27 heavy (non-hydrogen) atoms. The number of rotatable bonds is 6. The average molecular weight is 398 g/mol. The van der Waals surface area contributed by atoms with Crippen molar-refractivity contribution in [1.29, 1.82) is 0 Å². The van der Waals surface area contributed by atoms with Gasteiger partial charge >= 0.3 is 5.97 Å². The zero-order valence-electron chi connectivity index (χ0n) is 15.0. The van der Waals surface area contributed by atoms with Crippen molar-refractivity contribution in [3.63, 3.8) is 0 Å². The summed E-state index contributed by atoms with van der Waals surface area (Å²) in [6, 6.07) is 4.38. The highest BCUT2D eigenvalue weighted by atomic mass is 32.2. The molecule has 9 nitrogen and oxygen atoms in total. The maximum absolute atomic E-state index is 12.9. The fourth-order valence-electron chi connectivity index (χ4n) is 3.32. The lowest BCUT2D eigenvalue weighted by Crippen LogP contribution is -2.50. The van der Waals surface area contributed by atoms with Crippen molar-refractivity contribution >= 4 is 21.9 Å². The number of benzene rings is 1. The predicted molar refractivity (Wildman–Crippen MR) is 95.3 cm³/mol. The Labute approximate surface area is 157 Å². The third-order valence-corrected chi connectivity index (χ3v) is 6.69. The standard InChI is InChI=1S/C17H22N2O7S/c1-2-27(23,24)18-7-5-13(6-8-18)19(10-16(20)21)17(22)12-3-4-14-15(9-12)26-11-25-14/h3-4,9,13H,2,5-8,10-11H2,1H3,(H,20,21). The van der Waals surface area contributed by atoms with Crippen LogP contribution < -0.4 is 9.47 Å². The molecule has 1 saturated heterocycles. The van der Waals surface area contributed by atoms with E-state index in [2.05, 4.69) is 0 Å². The summed E-state index contributed by atoms with van der Waals surface area (Å²) in [4.78, 5) is 25.6. The SMILES string of the molecule is CCS(=O)(=O)N1CCC(N(CC(=O)O)C(=O)c2ccc3c(c2)OCO3)CC1. The van der Waals surface area contributed by atoms with Crippen molar-refractivity contribution in [2.75, 3.05) is 32.2 Å². The summed E-state index contributed by atoms with van der Waals surface area (Å²) in [5.74, 6) is -0.540. The van der Waals surface area contributed by atoms with Gasteiger partial charge in [-0.15, -0.1) is 0 Å². The topological polar surface area (TPSA) is 113 Å². The van der Waals surface area contributed by atoms with Crippen molar-refractivity contribution in [3.05, 3.63) is 23.8 Å². The smallest absolute Gasteiger partial charge is 0.323 e. The molecule has 0 bridgehead atoms. The predicted octanol–water partition coefficient (Wildman–Crippen LogP) is 0.756. The number of amides is 1. The zero-order valence-corrected chi connectivity index (χ0v) is 15.8. The van der Waals surface area contributed by atoms with E-state index in [0.29, 0.717) is 29.9 Å². The van der Waals surface area contributed by atoms with Crippen LogP contribution in [0.2, 0.25) is 0 Å². The van der Waals surface area contributed by atoms with E-state index in [1.807, 2.05) is 0 Å². The normalized spacial score (nSPS) is 17.7. The number of carbonyl (C=O) groups is 2. The average Bonchev–Trinajstić information content (AvgIpc) is 3.13. The summed E-state index contributed by atoms with van der Waals surface area (Å²) in [7, 11) is -3.29. The van der Waals surface area contributed by atoms with E-state index in [9.17, 15) is 23.1 Å². The number of hydrogen-bond donors (Lipinski definition) is 1. The van der Waals surface area contributed by atoms with Gasteiger partial charge in [0.15, 0.2) is 11.5 Å². The molecule has 0 unspecified atom stereocenters. The molecule has 1 aromatic rings. The highest BCUT2D eigenvalue weighted by Crippen LogP contribution is 2.33. The van der Waals surface area contributed by atoms with E-state index in [4.69, 9.17) is 9.47 Å². The Kier molecular flexibility index (Phi) is 5.56. The molecule has 0 aromatic heterocycles. The molecule has 10 heteroatoms. The van der Waals surface area contributed by atoms with Gasteiger partial charge in [-0.3, -0.25) is 9.59 Å². The van der Waals surface area contributed by atoms with Gasteiger partial charge in [-0.1, -0.05) is 0 Å². The highest BCUT2D eigenvalue weighted by Gasteiger charge is 2.33. The number of carboxylic acids is 1. The van der Waals surface area contributed by atoms with Crippen LogP contribution in [0.5, 0.6) is 11.5 Å². The van der Waals surface area contributed by atoms with Crippen LogP contribution in [0.15, 0.2) is 18.2 Å². The Hall–Kier alpha value is -2.33. The van der Waals surface area contributed by atoms with Crippen LogP contribution in [0.4, 0.5) is 0 Å². The fraction of sp³-hybridized carbons (Fsp3) is 0.529. The van der Waals surface area contributed by atoms with Crippen LogP contribution in [-0.2, 0) is 14.8 Å². The lowest BCUT2D eigenvalue weighted by Gasteiger charge is -2.37. The van der Waals surface area contributed by atoms with Crippen molar-refractivity contribution in [1.82, 2.24) is 9.21 Å². The van der Waals surface area contributed by atoms with Gasteiger partial charge in [0.2, 0.25) is 16.8 Å². The molecule has 148 valence electrons. The van der Waals surface area contributed by atoms with E-state index in [-0.39, 0.29) is 31.7 Å². The molecule has 1 aromatic carbocycles. The van der Waals surface area contributed by atoms with Gasteiger partial charge in [-0.25, -0.2) is 12.7 Å². The second kappa shape index (κ2) is 7.73. The Balaban J connectivity index is 1.76. The molecule has 2 heterocycles.